The quantitative estimate of drug-likeness (QED) is 0.781. The van der Waals surface area contributed by atoms with Gasteiger partial charge in [0.15, 0.2) is 0 Å². The zero-order valence-corrected chi connectivity index (χ0v) is 13.0. The number of methoxy groups -OCH3 is 1. The fourth-order valence-electron chi connectivity index (χ4n) is 1.99. The van der Waals surface area contributed by atoms with Gasteiger partial charge in [0.2, 0.25) is 0 Å². The van der Waals surface area contributed by atoms with Crippen LogP contribution in [0.2, 0.25) is 0 Å². The number of nitrogens with one attached hydrogen (secondary N) is 1. The number of anilines is 1. The van der Waals surface area contributed by atoms with E-state index in [4.69, 9.17) is 4.74 Å². The molecule has 0 spiro atoms. The Morgan fingerprint density at radius 1 is 1.11 bits per heavy atom. The van der Waals surface area contributed by atoms with Crippen LogP contribution < -0.4 is 10.2 Å². The number of nitrogens with zero attached hydrogens (tertiary/aromatic N) is 1. The smallest absolute Gasteiger partial charge is 0.0746 e. The molecule has 0 amide bonds. The lowest BCUT2D eigenvalue weighted by atomic mass is 10.1. The third-order valence-corrected chi connectivity index (χ3v) is 3.50. The molecule has 0 heterocycles. The maximum atomic E-state index is 5.39. The van der Waals surface area contributed by atoms with Gasteiger partial charge in [-0.1, -0.05) is 12.1 Å². The lowest BCUT2D eigenvalue weighted by molar-refractivity contribution is 0.0231. The Morgan fingerprint density at radius 3 is 2.16 bits per heavy atom. The molecule has 3 nitrogen and oxygen atoms in total. The maximum absolute atomic E-state index is 5.39. The predicted molar refractivity (Wildman–Crippen MR) is 82.8 cm³/mol. The maximum Gasteiger partial charge on any atom is 0.0746 e. The fourth-order valence-corrected chi connectivity index (χ4v) is 1.99. The standard InChI is InChI=1S/C16H28N2O/c1-6-18(7-2)15-10-8-14(9-11-15)12-17-13-16(3,4)19-5/h8-11,17H,6-7,12-13H2,1-5H3. The molecule has 0 atom stereocenters. The molecule has 1 aromatic rings. The Hall–Kier alpha value is -1.06. The normalized spacial score (nSPS) is 11.6. The van der Waals surface area contributed by atoms with Crippen molar-refractivity contribution in [3.63, 3.8) is 0 Å². The van der Waals surface area contributed by atoms with Gasteiger partial charge in [-0.05, 0) is 45.4 Å². The highest BCUT2D eigenvalue weighted by Gasteiger charge is 2.14. The first-order chi connectivity index (χ1) is 9.02. The van der Waals surface area contributed by atoms with Crippen molar-refractivity contribution in [2.75, 3.05) is 31.6 Å². The highest BCUT2D eigenvalue weighted by molar-refractivity contribution is 5.47. The van der Waals surface area contributed by atoms with Crippen LogP contribution in [-0.4, -0.2) is 32.3 Å². The van der Waals surface area contributed by atoms with Crippen molar-refractivity contribution >= 4 is 5.69 Å². The van der Waals surface area contributed by atoms with Crippen molar-refractivity contribution < 1.29 is 4.74 Å². The summed E-state index contributed by atoms with van der Waals surface area (Å²) in [6, 6.07) is 8.79. The lowest BCUT2D eigenvalue weighted by Crippen LogP contribution is -2.36. The Kier molecular flexibility index (Phi) is 6.32. The first kappa shape index (κ1) is 16.0. The van der Waals surface area contributed by atoms with Gasteiger partial charge in [-0.25, -0.2) is 0 Å². The summed E-state index contributed by atoms with van der Waals surface area (Å²) in [5.74, 6) is 0. The van der Waals surface area contributed by atoms with Crippen molar-refractivity contribution in [2.24, 2.45) is 0 Å². The van der Waals surface area contributed by atoms with E-state index >= 15 is 0 Å². The average molecular weight is 264 g/mol. The third kappa shape index (κ3) is 5.21. The monoisotopic (exact) mass is 264 g/mol. The van der Waals surface area contributed by atoms with Gasteiger partial charge in [0.05, 0.1) is 5.60 Å². The van der Waals surface area contributed by atoms with Crippen molar-refractivity contribution in [1.82, 2.24) is 5.32 Å². The summed E-state index contributed by atoms with van der Waals surface area (Å²) >= 11 is 0. The van der Waals surface area contributed by atoms with Crippen molar-refractivity contribution in [3.05, 3.63) is 29.8 Å². The summed E-state index contributed by atoms with van der Waals surface area (Å²) in [5, 5.41) is 3.43. The molecule has 0 unspecified atom stereocenters. The first-order valence-electron chi connectivity index (χ1n) is 7.12. The highest BCUT2D eigenvalue weighted by atomic mass is 16.5. The second kappa shape index (κ2) is 7.51. The molecule has 0 aliphatic rings. The van der Waals surface area contributed by atoms with Crippen LogP contribution in [0.15, 0.2) is 24.3 Å². The molecule has 0 aromatic heterocycles. The first-order valence-corrected chi connectivity index (χ1v) is 7.12. The molecule has 1 rings (SSSR count). The SMILES string of the molecule is CCN(CC)c1ccc(CNCC(C)(C)OC)cc1. The van der Waals surface area contributed by atoms with Crippen LogP contribution in [0, 0.1) is 0 Å². The largest absolute Gasteiger partial charge is 0.377 e. The van der Waals surface area contributed by atoms with Crippen LogP contribution in [-0.2, 0) is 11.3 Å². The minimum atomic E-state index is -0.110. The lowest BCUT2D eigenvalue weighted by Gasteiger charge is -2.23. The van der Waals surface area contributed by atoms with E-state index in [0.29, 0.717) is 0 Å². The van der Waals surface area contributed by atoms with Gasteiger partial charge < -0.3 is 15.0 Å². The van der Waals surface area contributed by atoms with Gasteiger partial charge in [-0.2, -0.15) is 0 Å². The van der Waals surface area contributed by atoms with Crippen LogP contribution >= 0.6 is 0 Å². The zero-order valence-electron chi connectivity index (χ0n) is 13.0. The van der Waals surface area contributed by atoms with Gasteiger partial charge in [0.1, 0.15) is 0 Å². The highest BCUT2D eigenvalue weighted by Crippen LogP contribution is 2.15. The molecule has 0 radical (unpaired) electrons. The van der Waals surface area contributed by atoms with E-state index in [1.165, 1.54) is 11.3 Å². The molecule has 1 aromatic carbocycles. The summed E-state index contributed by atoms with van der Waals surface area (Å²) in [7, 11) is 1.75. The van der Waals surface area contributed by atoms with E-state index in [1.54, 1.807) is 7.11 Å². The van der Waals surface area contributed by atoms with Crippen LogP contribution in [0.5, 0.6) is 0 Å². The number of hydrogen-bond donors (Lipinski definition) is 1. The van der Waals surface area contributed by atoms with E-state index in [-0.39, 0.29) is 5.60 Å². The Morgan fingerprint density at radius 2 is 1.68 bits per heavy atom. The van der Waals surface area contributed by atoms with Crippen LogP contribution in [0.3, 0.4) is 0 Å². The number of rotatable bonds is 8. The van der Waals surface area contributed by atoms with Crippen molar-refractivity contribution in [3.8, 4) is 0 Å². The minimum Gasteiger partial charge on any atom is -0.377 e. The van der Waals surface area contributed by atoms with E-state index in [2.05, 4.69) is 62.2 Å². The van der Waals surface area contributed by atoms with Crippen molar-refractivity contribution in [1.29, 1.82) is 0 Å². The Balaban J connectivity index is 2.49. The molecule has 0 fully saturated rings. The van der Waals surface area contributed by atoms with Crippen molar-refractivity contribution in [2.45, 2.75) is 39.8 Å². The molecule has 0 saturated carbocycles. The molecule has 3 heteroatoms. The van der Waals surface area contributed by atoms with E-state index in [9.17, 15) is 0 Å². The predicted octanol–water partition coefficient (Wildman–Crippen LogP) is 3.05. The van der Waals surface area contributed by atoms with Gasteiger partial charge in [-0.15, -0.1) is 0 Å². The molecule has 0 saturated heterocycles. The summed E-state index contributed by atoms with van der Waals surface area (Å²) in [6.07, 6.45) is 0. The topological polar surface area (TPSA) is 24.5 Å². The van der Waals surface area contributed by atoms with Crippen LogP contribution in [0.1, 0.15) is 33.3 Å². The van der Waals surface area contributed by atoms with E-state index in [0.717, 1.165) is 26.2 Å². The van der Waals surface area contributed by atoms with Gasteiger partial charge in [-0.3, -0.25) is 0 Å². The summed E-state index contributed by atoms with van der Waals surface area (Å²) in [4.78, 5) is 2.35. The summed E-state index contributed by atoms with van der Waals surface area (Å²) in [6.45, 7) is 12.4. The van der Waals surface area contributed by atoms with E-state index < -0.39 is 0 Å². The number of benzene rings is 1. The average Bonchev–Trinajstić information content (AvgIpc) is 2.42. The second-order valence-corrected chi connectivity index (χ2v) is 5.41. The minimum absolute atomic E-state index is 0.110. The molecule has 19 heavy (non-hydrogen) atoms. The van der Waals surface area contributed by atoms with Gasteiger partial charge >= 0.3 is 0 Å². The fraction of sp³-hybridized carbons (Fsp3) is 0.625. The molecule has 0 bridgehead atoms. The van der Waals surface area contributed by atoms with Crippen LogP contribution in [0.4, 0.5) is 5.69 Å². The third-order valence-electron chi connectivity index (χ3n) is 3.50. The molecular formula is C16H28N2O. The van der Waals surface area contributed by atoms with Gasteiger partial charge in [0, 0.05) is 39.0 Å². The number of hydrogen-bond acceptors (Lipinski definition) is 3. The van der Waals surface area contributed by atoms with Crippen LogP contribution in [0.25, 0.3) is 0 Å². The van der Waals surface area contributed by atoms with E-state index in [1.807, 2.05) is 0 Å². The Bertz CT molecular complexity index is 356. The van der Waals surface area contributed by atoms with Gasteiger partial charge in [0.25, 0.3) is 0 Å². The molecule has 0 aliphatic heterocycles. The summed E-state index contributed by atoms with van der Waals surface area (Å²) in [5.41, 5.74) is 2.50. The molecule has 0 aliphatic carbocycles. The molecular weight excluding hydrogens is 236 g/mol. The summed E-state index contributed by atoms with van der Waals surface area (Å²) < 4.78 is 5.39. The molecule has 108 valence electrons. The number of ether oxygens (including phenoxy) is 1. The zero-order chi connectivity index (χ0) is 14.3. The Labute approximate surface area is 118 Å². The molecule has 1 N–H and O–H groups in total. The second-order valence-electron chi connectivity index (χ2n) is 5.41.